The van der Waals surface area contributed by atoms with E-state index in [-0.39, 0.29) is 40.4 Å². The summed E-state index contributed by atoms with van der Waals surface area (Å²) < 4.78 is 11.0. The van der Waals surface area contributed by atoms with Crippen LogP contribution in [0.5, 0.6) is 0 Å². The third kappa shape index (κ3) is 4.63. The van der Waals surface area contributed by atoms with Crippen LogP contribution in [0, 0.1) is 15.5 Å². The first-order chi connectivity index (χ1) is 16.9. The van der Waals surface area contributed by atoms with E-state index in [4.69, 9.17) is 14.6 Å². The van der Waals surface area contributed by atoms with Crippen molar-refractivity contribution in [2.75, 3.05) is 26.3 Å². The molecule has 0 atom stereocenters. The number of ether oxygens (including phenoxy) is 1. The van der Waals surface area contributed by atoms with Crippen molar-refractivity contribution < 1.29 is 23.7 Å². The van der Waals surface area contributed by atoms with E-state index in [1.807, 2.05) is 0 Å². The molecule has 4 heterocycles. The van der Waals surface area contributed by atoms with E-state index in [1.165, 1.54) is 23.2 Å². The van der Waals surface area contributed by atoms with Gasteiger partial charge in [-0.15, -0.1) is 0 Å². The zero-order valence-corrected chi connectivity index (χ0v) is 19.0. The number of carbonyl (C=O) groups excluding carboxylic acids is 2. The molecule has 2 aromatic rings. The van der Waals surface area contributed by atoms with Gasteiger partial charge in [0.15, 0.2) is 5.84 Å². The number of hydrazone groups is 1. The molecule has 1 aromatic carbocycles. The molecule has 0 spiro atoms. The number of fused-ring (bicyclic) bond motifs is 1. The molecule has 0 unspecified atom stereocenters. The lowest BCUT2D eigenvalue weighted by Crippen LogP contribution is -2.41. The predicted octanol–water partition coefficient (Wildman–Crippen LogP) is 2.72. The van der Waals surface area contributed by atoms with Gasteiger partial charge in [0.1, 0.15) is 16.6 Å². The Kier molecular flexibility index (Phi) is 6.01. The van der Waals surface area contributed by atoms with Crippen LogP contribution in [-0.4, -0.2) is 69.0 Å². The minimum absolute atomic E-state index is 0.0289. The average molecular weight is 494 g/mol. The quantitative estimate of drug-likeness (QED) is 0.378. The summed E-state index contributed by atoms with van der Waals surface area (Å²) in [6.07, 6.45) is 1.42. The minimum atomic E-state index is -0.627. The summed E-state index contributed by atoms with van der Waals surface area (Å²) in [5.41, 5.74) is 0.403. The van der Waals surface area contributed by atoms with E-state index < -0.39 is 10.8 Å². The normalized spacial score (nSPS) is 19.0. The first kappa shape index (κ1) is 22.7. The number of aliphatic imine (C=N–C) groups is 1. The summed E-state index contributed by atoms with van der Waals surface area (Å²) in [5, 5.41) is 25.7. The van der Waals surface area contributed by atoms with Crippen LogP contribution in [0.15, 0.2) is 56.5 Å². The molecule has 1 saturated heterocycles. The summed E-state index contributed by atoms with van der Waals surface area (Å²) in [6, 6.07) is 9.20. The molecule has 12 nitrogen and oxygen atoms in total. The van der Waals surface area contributed by atoms with Gasteiger partial charge < -0.3 is 14.1 Å². The minimum Gasteiger partial charge on any atom is -0.457 e. The summed E-state index contributed by atoms with van der Waals surface area (Å²) in [6.45, 7) is 2.02. The van der Waals surface area contributed by atoms with Crippen LogP contribution in [0.3, 0.4) is 0 Å². The SMILES string of the molecule is N=C1C(=Cc2ccc(-c3cccc([N+](=O)[O-])c3)o2)C(=O)N=C2SC(CC(=O)N3CCOCC3)=NN12. The van der Waals surface area contributed by atoms with Gasteiger partial charge in [-0.25, -0.2) is 0 Å². The zero-order valence-electron chi connectivity index (χ0n) is 18.2. The highest BCUT2D eigenvalue weighted by Gasteiger charge is 2.36. The molecule has 2 amide bonds. The predicted molar refractivity (Wildman–Crippen MR) is 128 cm³/mol. The molecule has 5 rings (SSSR count). The fourth-order valence-corrected chi connectivity index (χ4v) is 4.53. The highest BCUT2D eigenvalue weighted by Crippen LogP contribution is 2.31. The molecule has 13 heteroatoms. The Morgan fingerprint density at radius 2 is 2.06 bits per heavy atom. The zero-order chi connectivity index (χ0) is 24.5. The molecular weight excluding hydrogens is 476 g/mol. The van der Waals surface area contributed by atoms with Gasteiger partial charge in [0.2, 0.25) is 11.1 Å². The van der Waals surface area contributed by atoms with E-state index in [9.17, 15) is 19.7 Å². The molecule has 0 aliphatic carbocycles. The Bertz CT molecular complexity index is 1340. The number of thioether (sulfide) groups is 1. The van der Waals surface area contributed by atoms with E-state index >= 15 is 0 Å². The van der Waals surface area contributed by atoms with Crippen molar-refractivity contribution in [2.45, 2.75) is 6.42 Å². The maximum atomic E-state index is 12.6. The smallest absolute Gasteiger partial charge is 0.283 e. The maximum Gasteiger partial charge on any atom is 0.283 e. The largest absolute Gasteiger partial charge is 0.457 e. The van der Waals surface area contributed by atoms with Crippen molar-refractivity contribution >= 4 is 51.4 Å². The number of non-ortho nitro benzene ring substituents is 1. The van der Waals surface area contributed by atoms with Crippen LogP contribution in [-0.2, 0) is 14.3 Å². The third-order valence-corrected chi connectivity index (χ3v) is 6.33. The number of amides is 2. The summed E-state index contributed by atoms with van der Waals surface area (Å²) in [5.74, 6) is -0.263. The highest BCUT2D eigenvalue weighted by molar-refractivity contribution is 8.27. The number of amidine groups is 2. The van der Waals surface area contributed by atoms with Gasteiger partial charge in [0, 0.05) is 30.8 Å². The number of nitro benzene ring substituents is 1. The van der Waals surface area contributed by atoms with Gasteiger partial charge in [0.05, 0.1) is 30.1 Å². The third-order valence-electron chi connectivity index (χ3n) is 5.42. The number of benzene rings is 1. The van der Waals surface area contributed by atoms with Crippen LogP contribution in [0.1, 0.15) is 12.2 Å². The van der Waals surface area contributed by atoms with Gasteiger partial charge in [-0.3, -0.25) is 25.1 Å². The van der Waals surface area contributed by atoms with Gasteiger partial charge in [0.25, 0.3) is 11.6 Å². The number of nitrogens with one attached hydrogen (secondary N) is 1. The number of hydrogen-bond acceptors (Lipinski definition) is 9. The first-order valence-electron chi connectivity index (χ1n) is 10.6. The Hall–Kier alpha value is -4.10. The van der Waals surface area contributed by atoms with Crippen molar-refractivity contribution in [3.63, 3.8) is 0 Å². The molecule has 0 saturated carbocycles. The Morgan fingerprint density at radius 3 is 2.83 bits per heavy atom. The lowest BCUT2D eigenvalue weighted by Gasteiger charge is -2.26. The molecule has 0 radical (unpaired) electrons. The lowest BCUT2D eigenvalue weighted by molar-refractivity contribution is -0.384. The summed E-state index contributed by atoms with van der Waals surface area (Å²) >= 11 is 1.09. The molecule has 178 valence electrons. The second-order valence-electron chi connectivity index (χ2n) is 7.69. The van der Waals surface area contributed by atoms with Crippen LogP contribution >= 0.6 is 11.8 Å². The van der Waals surface area contributed by atoms with Gasteiger partial charge >= 0.3 is 0 Å². The Balaban J connectivity index is 1.33. The average Bonchev–Trinajstić information content (AvgIpc) is 3.49. The number of rotatable bonds is 5. The molecule has 0 bridgehead atoms. The van der Waals surface area contributed by atoms with E-state index in [0.29, 0.717) is 42.7 Å². The molecule has 3 aliphatic heterocycles. The van der Waals surface area contributed by atoms with Crippen molar-refractivity contribution in [2.24, 2.45) is 10.1 Å². The van der Waals surface area contributed by atoms with Gasteiger partial charge in [-0.2, -0.15) is 15.1 Å². The highest BCUT2D eigenvalue weighted by atomic mass is 32.2. The van der Waals surface area contributed by atoms with Crippen LogP contribution in [0.2, 0.25) is 0 Å². The molecule has 1 fully saturated rings. The Labute approximate surface area is 202 Å². The molecule has 1 N–H and O–H groups in total. The summed E-state index contributed by atoms with van der Waals surface area (Å²) in [4.78, 5) is 41.4. The number of nitrogens with zero attached hydrogens (tertiary/aromatic N) is 5. The van der Waals surface area contributed by atoms with E-state index in [1.54, 1.807) is 29.2 Å². The number of hydrogen-bond donors (Lipinski definition) is 1. The maximum absolute atomic E-state index is 12.6. The number of furan rings is 1. The number of morpholine rings is 1. The molecular formula is C22H18N6O6S. The topological polar surface area (TPSA) is 155 Å². The molecule has 3 aliphatic rings. The van der Waals surface area contributed by atoms with Crippen LogP contribution in [0.4, 0.5) is 5.69 Å². The fraction of sp³-hybridized carbons (Fsp3) is 0.227. The van der Waals surface area contributed by atoms with Gasteiger partial charge in [-0.05, 0) is 30.0 Å². The van der Waals surface area contributed by atoms with Crippen molar-refractivity contribution in [3.05, 3.63) is 57.8 Å². The fourth-order valence-electron chi connectivity index (χ4n) is 3.66. The molecule has 1 aromatic heterocycles. The number of carbonyl (C=O) groups is 2. The van der Waals surface area contributed by atoms with Crippen molar-refractivity contribution in [1.82, 2.24) is 9.91 Å². The second kappa shape index (κ2) is 9.27. The first-order valence-corrected chi connectivity index (χ1v) is 11.4. The Morgan fingerprint density at radius 1 is 1.26 bits per heavy atom. The van der Waals surface area contributed by atoms with Crippen molar-refractivity contribution in [1.29, 1.82) is 5.41 Å². The van der Waals surface area contributed by atoms with Gasteiger partial charge in [-0.1, -0.05) is 12.1 Å². The van der Waals surface area contributed by atoms with Crippen LogP contribution in [0.25, 0.3) is 17.4 Å². The van der Waals surface area contributed by atoms with Crippen LogP contribution < -0.4 is 0 Å². The second-order valence-corrected chi connectivity index (χ2v) is 8.73. The van der Waals surface area contributed by atoms with E-state index in [2.05, 4.69) is 10.1 Å². The molecule has 35 heavy (non-hydrogen) atoms. The lowest BCUT2D eigenvalue weighted by atomic mass is 10.1. The summed E-state index contributed by atoms with van der Waals surface area (Å²) in [7, 11) is 0. The standard InChI is InChI=1S/C22H18N6O6S/c23-20-16(11-15-4-5-17(34-15)13-2-1-3-14(10-13)28(31)32)21(30)24-22-27(20)25-18(35-22)12-19(29)26-6-8-33-9-7-26/h1-5,10-11,23H,6-9,12H2. The number of nitro groups is 1. The monoisotopic (exact) mass is 494 g/mol. The van der Waals surface area contributed by atoms with E-state index in [0.717, 1.165) is 11.8 Å². The van der Waals surface area contributed by atoms with Crippen molar-refractivity contribution in [3.8, 4) is 11.3 Å².